The van der Waals surface area contributed by atoms with Gasteiger partial charge in [0.05, 0.1) is 11.4 Å². The summed E-state index contributed by atoms with van der Waals surface area (Å²) in [7, 11) is 0. The maximum atomic E-state index is 8.59. The molecule has 0 saturated heterocycles. The summed E-state index contributed by atoms with van der Waals surface area (Å²) >= 11 is 0. The van der Waals surface area contributed by atoms with E-state index in [0.29, 0.717) is 11.4 Å². The average molecular weight is 258 g/mol. The van der Waals surface area contributed by atoms with Gasteiger partial charge in [0.25, 0.3) is 0 Å². The highest BCUT2D eigenvalue weighted by molar-refractivity contribution is 5.86. The van der Waals surface area contributed by atoms with Crippen LogP contribution in [0.2, 0.25) is 0 Å². The molecule has 0 amide bonds. The van der Waals surface area contributed by atoms with Crippen molar-refractivity contribution in [3.63, 3.8) is 0 Å². The van der Waals surface area contributed by atoms with Gasteiger partial charge in [-0.1, -0.05) is 10.3 Å². The van der Waals surface area contributed by atoms with E-state index in [4.69, 9.17) is 10.4 Å². The van der Waals surface area contributed by atoms with E-state index in [2.05, 4.69) is 20.9 Å². The molecule has 0 bridgehead atoms. The summed E-state index contributed by atoms with van der Waals surface area (Å²) in [6.07, 6.45) is 2.08. The molecule has 0 aliphatic heterocycles. The predicted molar refractivity (Wildman–Crippen MR) is 74.0 cm³/mol. The molecule has 0 radical (unpaired) electrons. The predicted octanol–water partition coefficient (Wildman–Crippen LogP) is 1.42. The van der Waals surface area contributed by atoms with Crippen LogP contribution in [0.5, 0.6) is 0 Å². The van der Waals surface area contributed by atoms with Crippen LogP contribution in [0.3, 0.4) is 0 Å². The minimum Gasteiger partial charge on any atom is -0.411 e. The van der Waals surface area contributed by atoms with Crippen molar-refractivity contribution in [3.8, 4) is 0 Å². The molecule has 0 rings (SSSR count). The van der Waals surface area contributed by atoms with Gasteiger partial charge in [-0.05, 0) is 53.6 Å². The van der Waals surface area contributed by atoms with Gasteiger partial charge in [-0.3, -0.25) is 0 Å². The van der Waals surface area contributed by atoms with Crippen LogP contribution >= 0.6 is 0 Å². The second-order valence-electron chi connectivity index (χ2n) is 4.54. The molecule has 0 spiro atoms. The third-order valence-corrected chi connectivity index (χ3v) is 3.07. The summed E-state index contributed by atoms with van der Waals surface area (Å²) in [5, 5.41) is 30.0. The Labute approximate surface area is 109 Å². The number of oxime groups is 2. The SMILES string of the molecule is CC(=NO)C(C)NCCCCNC(C)C(C)=NO. The van der Waals surface area contributed by atoms with Crippen LogP contribution in [0, 0.1) is 0 Å². The summed E-state index contributed by atoms with van der Waals surface area (Å²) in [6, 6.07) is 0.205. The highest BCUT2D eigenvalue weighted by Gasteiger charge is 2.05. The first-order valence-electron chi connectivity index (χ1n) is 6.36. The van der Waals surface area contributed by atoms with Crippen LogP contribution in [-0.4, -0.2) is 47.0 Å². The van der Waals surface area contributed by atoms with Crippen molar-refractivity contribution >= 4 is 11.4 Å². The minimum absolute atomic E-state index is 0.102. The Morgan fingerprint density at radius 2 is 1.22 bits per heavy atom. The highest BCUT2D eigenvalue weighted by atomic mass is 16.4. The summed E-state index contributed by atoms with van der Waals surface area (Å²) < 4.78 is 0. The first-order chi connectivity index (χ1) is 8.52. The smallest absolute Gasteiger partial charge is 0.0706 e. The van der Waals surface area contributed by atoms with E-state index in [9.17, 15) is 0 Å². The van der Waals surface area contributed by atoms with E-state index in [1.165, 1.54) is 0 Å². The van der Waals surface area contributed by atoms with E-state index in [1.807, 2.05) is 13.8 Å². The summed E-state index contributed by atoms with van der Waals surface area (Å²) in [5.74, 6) is 0. The number of nitrogens with zero attached hydrogens (tertiary/aromatic N) is 2. The van der Waals surface area contributed by atoms with Crippen molar-refractivity contribution in [1.29, 1.82) is 0 Å². The van der Waals surface area contributed by atoms with E-state index < -0.39 is 0 Å². The third kappa shape index (κ3) is 7.24. The zero-order valence-electron chi connectivity index (χ0n) is 11.8. The zero-order valence-corrected chi connectivity index (χ0v) is 11.8. The molecule has 106 valence electrons. The third-order valence-electron chi connectivity index (χ3n) is 3.07. The lowest BCUT2D eigenvalue weighted by molar-refractivity contribution is 0.315. The fourth-order valence-electron chi connectivity index (χ4n) is 1.36. The molecule has 6 nitrogen and oxygen atoms in total. The lowest BCUT2D eigenvalue weighted by Crippen LogP contribution is -2.35. The Kier molecular flexibility index (Phi) is 9.22. The molecule has 2 atom stereocenters. The van der Waals surface area contributed by atoms with E-state index >= 15 is 0 Å². The highest BCUT2D eigenvalue weighted by Crippen LogP contribution is 1.92. The minimum atomic E-state index is 0.102. The Morgan fingerprint density at radius 3 is 1.50 bits per heavy atom. The molecule has 0 saturated carbocycles. The Hall–Kier alpha value is -1.14. The summed E-state index contributed by atoms with van der Waals surface area (Å²) in [6.45, 7) is 9.29. The van der Waals surface area contributed by atoms with Crippen LogP contribution < -0.4 is 10.6 Å². The number of hydrogen-bond acceptors (Lipinski definition) is 6. The van der Waals surface area contributed by atoms with Crippen molar-refractivity contribution in [2.75, 3.05) is 13.1 Å². The van der Waals surface area contributed by atoms with Crippen LogP contribution in [0.15, 0.2) is 10.3 Å². The standard InChI is InChI=1S/C12H26N4O2/c1-9(11(3)15-17)13-7-5-6-8-14-10(2)12(4)16-18/h9-10,13-14,17-18H,5-8H2,1-4H3. The van der Waals surface area contributed by atoms with E-state index in [0.717, 1.165) is 25.9 Å². The van der Waals surface area contributed by atoms with E-state index in [1.54, 1.807) is 13.8 Å². The maximum Gasteiger partial charge on any atom is 0.0706 e. The summed E-state index contributed by atoms with van der Waals surface area (Å²) in [4.78, 5) is 0. The van der Waals surface area contributed by atoms with Crippen LogP contribution in [0.25, 0.3) is 0 Å². The summed E-state index contributed by atoms with van der Waals surface area (Å²) in [5.41, 5.74) is 1.38. The first kappa shape index (κ1) is 16.9. The van der Waals surface area contributed by atoms with Gasteiger partial charge < -0.3 is 21.0 Å². The fourth-order valence-corrected chi connectivity index (χ4v) is 1.36. The van der Waals surface area contributed by atoms with Crippen molar-refractivity contribution in [2.24, 2.45) is 10.3 Å². The quantitative estimate of drug-likeness (QED) is 0.218. The molecule has 0 aliphatic carbocycles. The lowest BCUT2D eigenvalue weighted by Gasteiger charge is -2.14. The molecule has 6 heteroatoms. The van der Waals surface area contributed by atoms with Gasteiger partial charge in [-0.15, -0.1) is 0 Å². The topological polar surface area (TPSA) is 89.2 Å². The zero-order chi connectivity index (χ0) is 14.0. The van der Waals surface area contributed by atoms with Gasteiger partial charge in [0, 0.05) is 12.1 Å². The lowest BCUT2D eigenvalue weighted by atomic mass is 10.2. The van der Waals surface area contributed by atoms with E-state index in [-0.39, 0.29) is 12.1 Å². The van der Waals surface area contributed by atoms with Gasteiger partial charge >= 0.3 is 0 Å². The van der Waals surface area contributed by atoms with Crippen molar-refractivity contribution in [2.45, 2.75) is 52.6 Å². The molecule has 0 fully saturated rings. The Morgan fingerprint density at radius 1 is 0.889 bits per heavy atom. The van der Waals surface area contributed by atoms with Gasteiger partial charge in [0.2, 0.25) is 0 Å². The second kappa shape index (κ2) is 9.85. The van der Waals surface area contributed by atoms with Crippen LogP contribution in [0.1, 0.15) is 40.5 Å². The van der Waals surface area contributed by atoms with Crippen molar-refractivity contribution < 1.29 is 10.4 Å². The van der Waals surface area contributed by atoms with Gasteiger partial charge in [-0.2, -0.15) is 0 Å². The molecule has 0 aromatic carbocycles. The number of unbranched alkanes of at least 4 members (excludes halogenated alkanes) is 1. The number of rotatable bonds is 9. The molecule has 2 unspecified atom stereocenters. The van der Waals surface area contributed by atoms with Gasteiger partial charge in [-0.25, -0.2) is 0 Å². The molecule has 0 aromatic heterocycles. The molecule has 4 N–H and O–H groups in total. The van der Waals surface area contributed by atoms with Crippen molar-refractivity contribution in [1.82, 2.24) is 10.6 Å². The molecule has 18 heavy (non-hydrogen) atoms. The van der Waals surface area contributed by atoms with Crippen molar-refractivity contribution in [3.05, 3.63) is 0 Å². The van der Waals surface area contributed by atoms with Gasteiger partial charge in [0.15, 0.2) is 0 Å². The molecule has 0 aromatic rings. The monoisotopic (exact) mass is 258 g/mol. The van der Waals surface area contributed by atoms with Gasteiger partial charge in [0.1, 0.15) is 0 Å². The fraction of sp³-hybridized carbons (Fsp3) is 0.833. The first-order valence-corrected chi connectivity index (χ1v) is 6.36. The number of nitrogens with one attached hydrogen (secondary N) is 2. The molecular formula is C12H26N4O2. The largest absolute Gasteiger partial charge is 0.411 e. The molecule has 0 aliphatic rings. The second-order valence-corrected chi connectivity index (χ2v) is 4.54. The van der Waals surface area contributed by atoms with Crippen LogP contribution in [-0.2, 0) is 0 Å². The molecular weight excluding hydrogens is 232 g/mol. The maximum absolute atomic E-state index is 8.59. The number of hydrogen-bond donors (Lipinski definition) is 4. The Balaban J connectivity index is 3.53. The Bertz CT molecular complexity index is 251. The van der Waals surface area contributed by atoms with Crippen LogP contribution in [0.4, 0.5) is 0 Å². The average Bonchev–Trinajstić information content (AvgIpc) is 2.39. The normalized spacial score (nSPS) is 16.7. The molecule has 0 heterocycles.